The smallest absolute Gasteiger partial charge is 0.312 e. The molecule has 0 aliphatic heterocycles. The van der Waals surface area contributed by atoms with Gasteiger partial charge in [-0.2, -0.15) is 13.2 Å². The summed E-state index contributed by atoms with van der Waals surface area (Å²) in [6.45, 7) is 0. The average molecular weight is 452 g/mol. The molecule has 0 aliphatic rings. The molecule has 6 nitrogen and oxygen atoms in total. The van der Waals surface area contributed by atoms with Gasteiger partial charge in [-0.15, -0.1) is 0 Å². The first-order chi connectivity index (χ1) is 14.2. The first-order valence-corrected chi connectivity index (χ1v) is 9.96. The van der Waals surface area contributed by atoms with Gasteiger partial charge < -0.3 is 4.57 Å². The second kappa shape index (κ2) is 7.77. The molecule has 0 radical (unpaired) electrons. The van der Waals surface area contributed by atoms with Crippen molar-refractivity contribution < 1.29 is 13.2 Å². The molecule has 0 spiro atoms. The van der Waals surface area contributed by atoms with Gasteiger partial charge in [0.25, 0.3) is 5.56 Å². The quantitative estimate of drug-likeness (QED) is 0.360. The molecule has 4 rings (SSSR count). The lowest BCUT2D eigenvalue weighted by Crippen LogP contribution is -2.10. The van der Waals surface area contributed by atoms with Gasteiger partial charge in [-0.1, -0.05) is 29.4 Å². The van der Waals surface area contributed by atoms with Gasteiger partial charge in [0.1, 0.15) is 11.5 Å². The third-order valence-electron chi connectivity index (χ3n) is 4.30. The van der Waals surface area contributed by atoms with Crippen LogP contribution in [-0.2, 0) is 19.0 Å². The highest BCUT2D eigenvalue weighted by Crippen LogP contribution is 2.28. The number of benzene rings is 1. The van der Waals surface area contributed by atoms with Crippen LogP contribution in [0.15, 0.2) is 52.5 Å². The zero-order chi connectivity index (χ0) is 21.5. The summed E-state index contributed by atoms with van der Waals surface area (Å²) in [6, 6.07) is 9.33. The summed E-state index contributed by atoms with van der Waals surface area (Å²) < 4.78 is 39.5. The Bertz CT molecular complexity index is 1270. The standard InChI is InChI=1S/C19H13ClF3N5OS/c1-28-15(11-3-5-12(20)6-4-11)25-14-16(28)26-18(27-17(14)29)30-9-10-2-7-13(24-8-10)19(21,22)23/h2-8H,9H2,1H3,(H,26,27,29). The number of imidazole rings is 1. The number of alkyl halides is 3. The fourth-order valence-electron chi connectivity index (χ4n) is 2.81. The highest BCUT2D eigenvalue weighted by molar-refractivity contribution is 7.98. The first kappa shape index (κ1) is 20.4. The van der Waals surface area contributed by atoms with E-state index < -0.39 is 17.4 Å². The Kier molecular flexibility index (Phi) is 5.29. The molecule has 30 heavy (non-hydrogen) atoms. The molecule has 0 fully saturated rings. The fraction of sp³-hybridized carbons (Fsp3) is 0.158. The summed E-state index contributed by atoms with van der Waals surface area (Å²) in [7, 11) is 1.75. The number of aromatic amines is 1. The lowest BCUT2D eigenvalue weighted by atomic mass is 10.2. The highest BCUT2D eigenvalue weighted by atomic mass is 35.5. The summed E-state index contributed by atoms with van der Waals surface area (Å²) in [6.07, 6.45) is -3.32. The number of pyridine rings is 1. The number of nitrogens with one attached hydrogen (secondary N) is 1. The van der Waals surface area contributed by atoms with Crippen LogP contribution >= 0.6 is 23.4 Å². The highest BCUT2D eigenvalue weighted by Gasteiger charge is 2.32. The average Bonchev–Trinajstić information content (AvgIpc) is 3.04. The second-order valence-corrected chi connectivity index (χ2v) is 7.78. The van der Waals surface area contributed by atoms with E-state index in [4.69, 9.17) is 11.6 Å². The van der Waals surface area contributed by atoms with Crippen molar-refractivity contribution in [1.29, 1.82) is 0 Å². The number of hydrogen-bond donors (Lipinski definition) is 1. The van der Waals surface area contributed by atoms with Gasteiger partial charge in [0, 0.05) is 29.6 Å². The van der Waals surface area contributed by atoms with E-state index in [1.54, 1.807) is 35.9 Å². The number of H-pyrrole nitrogens is 1. The van der Waals surface area contributed by atoms with Crippen molar-refractivity contribution in [2.24, 2.45) is 7.05 Å². The Morgan fingerprint density at radius 2 is 1.87 bits per heavy atom. The molecule has 154 valence electrons. The number of thioether (sulfide) groups is 1. The Morgan fingerprint density at radius 1 is 1.13 bits per heavy atom. The van der Waals surface area contributed by atoms with Crippen LogP contribution in [0.1, 0.15) is 11.3 Å². The number of rotatable bonds is 4. The van der Waals surface area contributed by atoms with E-state index in [0.29, 0.717) is 33.0 Å². The second-order valence-electron chi connectivity index (χ2n) is 6.38. The van der Waals surface area contributed by atoms with Crippen LogP contribution in [0.5, 0.6) is 0 Å². The fourth-order valence-corrected chi connectivity index (χ4v) is 3.72. The molecule has 4 aromatic rings. The number of hydrogen-bond acceptors (Lipinski definition) is 5. The molecule has 3 aromatic heterocycles. The van der Waals surface area contributed by atoms with Crippen LogP contribution in [0.3, 0.4) is 0 Å². The van der Waals surface area contributed by atoms with Gasteiger partial charge in [0.15, 0.2) is 16.3 Å². The van der Waals surface area contributed by atoms with E-state index in [9.17, 15) is 18.0 Å². The largest absolute Gasteiger partial charge is 0.433 e. The zero-order valence-corrected chi connectivity index (χ0v) is 16.9. The molecule has 3 heterocycles. The number of aryl methyl sites for hydroxylation is 1. The molecule has 0 aliphatic carbocycles. The molecular weight excluding hydrogens is 439 g/mol. The maximum atomic E-state index is 12.6. The SMILES string of the molecule is Cn1c(-c2ccc(Cl)cc2)nc2c(=O)[nH]c(SCc3ccc(C(F)(F)F)nc3)nc21. The molecule has 1 N–H and O–H groups in total. The van der Waals surface area contributed by atoms with E-state index in [1.807, 2.05) is 0 Å². The van der Waals surface area contributed by atoms with Crippen molar-refractivity contribution >= 4 is 34.5 Å². The minimum absolute atomic E-state index is 0.197. The lowest BCUT2D eigenvalue weighted by molar-refractivity contribution is -0.141. The van der Waals surface area contributed by atoms with Crippen molar-refractivity contribution in [3.05, 3.63) is 69.2 Å². The molecule has 0 amide bonds. The third-order valence-corrected chi connectivity index (χ3v) is 5.50. The Labute approximate surface area is 177 Å². The van der Waals surface area contributed by atoms with E-state index >= 15 is 0 Å². The normalized spacial score (nSPS) is 11.9. The molecule has 0 saturated heterocycles. The Morgan fingerprint density at radius 3 is 2.50 bits per heavy atom. The van der Waals surface area contributed by atoms with E-state index in [-0.39, 0.29) is 5.52 Å². The molecule has 0 unspecified atom stereocenters. The molecule has 11 heteroatoms. The maximum Gasteiger partial charge on any atom is 0.433 e. The van der Waals surface area contributed by atoms with Crippen LogP contribution in [0.4, 0.5) is 13.2 Å². The van der Waals surface area contributed by atoms with Crippen LogP contribution in [0, 0.1) is 0 Å². The summed E-state index contributed by atoms with van der Waals surface area (Å²) >= 11 is 7.11. The lowest BCUT2D eigenvalue weighted by Gasteiger charge is -2.06. The van der Waals surface area contributed by atoms with Crippen molar-refractivity contribution in [2.75, 3.05) is 0 Å². The minimum atomic E-state index is -4.48. The summed E-state index contributed by atoms with van der Waals surface area (Å²) in [5.41, 5.74) is 0.601. The van der Waals surface area contributed by atoms with Gasteiger partial charge in [-0.05, 0) is 35.9 Å². The molecule has 0 bridgehead atoms. The van der Waals surface area contributed by atoms with Gasteiger partial charge in [-0.3, -0.25) is 14.8 Å². The third kappa shape index (κ3) is 4.05. The summed E-state index contributed by atoms with van der Waals surface area (Å²) in [4.78, 5) is 27.4. The summed E-state index contributed by atoms with van der Waals surface area (Å²) in [5.74, 6) is 0.857. The van der Waals surface area contributed by atoms with Crippen molar-refractivity contribution in [3.8, 4) is 11.4 Å². The van der Waals surface area contributed by atoms with Crippen LogP contribution < -0.4 is 5.56 Å². The number of halogens is 4. The Hall–Kier alpha value is -2.85. The number of aromatic nitrogens is 5. The predicted molar refractivity (Wildman–Crippen MR) is 108 cm³/mol. The van der Waals surface area contributed by atoms with Crippen LogP contribution in [-0.4, -0.2) is 24.5 Å². The topological polar surface area (TPSA) is 76.5 Å². The Balaban J connectivity index is 1.60. The van der Waals surface area contributed by atoms with Gasteiger partial charge >= 0.3 is 6.18 Å². The summed E-state index contributed by atoms with van der Waals surface area (Å²) in [5, 5.41) is 0.919. The minimum Gasteiger partial charge on any atom is -0.312 e. The van der Waals surface area contributed by atoms with Crippen molar-refractivity contribution in [3.63, 3.8) is 0 Å². The molecule has 0 saturated carbocycles. The predicted octanol–water partition coefficient (Wildman–Crippen LogP) is 4.68. The van der Waals surface area contributed by atoms with Crippen molar-refractivity contribution in [2.45, 2.75) is 17.1 Å². The van der Waals surface area contributed by atoms with Gasteiger partial charge in [-0.25, -0.2) is 9.97 Å². The molecule has 0 atom stereocenters. The molecular formula is C19H13ClF3N5OS. The maximum absolute atomic E-state index is 12.6. The number of nitrogens with zero attached hydrogens (tertiary/aromatic N) is 4. The van der Waals surface area contributed by atoms with Gasteiger partial charge in [0.05, 0.1) is 0 Å². The zero-order valence-electron chi connectivity index (χ0n) is 15.4. The van der Waals surface area contributed by atoms with Gasteiger partial charge in [0.2, 0.25) is 0 Å². The van der Waals surface area contributed by atoms with Crippen LogP contribution in [0.25, 0.3) is 22.6 Å². The van der Waals surface area contributed by atoms with Crippen molar-refractivity contribution in [1.82, 2.24) is 24.5 Å². The van der Waals surface area contributed by atoms with E-state index in [0.717, 1.165) is 17.8 Å². The van der Waals surface area contributed by atoms with E-state index in [1.165, 1.54) is 17.8 Å². The first-order valence-electron chi connectivity index (χ1n) is 8.60. The van der Waals surface area contributed by atoms with E-state index in [2.05, 4.69) is 19.9 Å². The molecule has 1 aromatic carbocycles. The van der Waals surface area contributed by atoms with Crippen LogP contribution in [0.2, 0.25) is 5.02 Å². The number of fused-ring (bicyclic) bond motifs is 1. The monoisotopic (exact) mass is 451 g/mol.